The maximum Gasteiger partial charge on any atom is 0.279 e. The molecule has 1 aromatic rings. The summed E-state index contributed by atoms with van der Waals surface area (Å²) in [6.45, 7) is 6.82. The van der Waals surface area contributed by atoms with Crippen molar-refractivity contribution < 1.29 is 8.42 Å². The standard InChI is InChI=1S/C17H27N3O2S.ClH/c1-3-20(4-2)23(21,22)18-15-10-12-19-11-9-14-7-5-6-8-16(14)17(19)13-15;/h5-8,15,17-18H,3-4,9-13H2,1-2H3;1H/t15-,17+;/m1./s1. The minimum Gasteiger partial charge on any atom is -0.296 e. The number of halogens is 1. The second-order valence-corrected chi connectivity index (χ2v) is 8.13. The third kappa shape index (κ3) is 3.94. The number of nitrogens with zero attached hydrogens (tertiary/aromatic N) is 2. The summed E-state index contributed by atoms with van der Waals surface area (Å²) >= 11 is 0. The lowest BCUT2D eigenvalue weighted by Crippen LogP contribution is -2.51. The van der Waals surface area contributed by atoms with Crippen LogP contribution in [-0.4, -0.2) is 49.8 Å². The van der Waals surface area contributed by atoms with Crippen molar-refractivity contribution in [3.05, 3.63) is 35.4 Å². The van der Waals surface area contributed by atoms with Gasteiger partial charge in [-0.2, -0.15) is 17.4 Å². The van der Waals surface area contributed by atoms with E-state index in [0.717, 1.165) is 32.4 Å². The first-order valence-electron chi connectivity index (χ1n) is 8.64. The molecule has 1 saturated heterocycles. The maximum absolute atomic E-state index is 12.5. The first-order valence-corrected chi connectivity index (χ1v) is 10.1. The van der Waals surface area contributed by atoms with E-state index in [9.17, 15) is 8.42 Å². The van der Waals surface area contributed by atoms with E-state index < -0.39 is 10.2 Å². The van der Waals surface area contributed by atoms with Crippen molar-refractivity contribution in [2.24, 2.45) is 0 Å². The van der Waals surface area contributed by atoms with E-state index in [1.54, 1.807) is 0 Å². The first-order chi connectivity index (χ1) is 11.0. The number of hydrogen-bond donors (Lipinski definition) is 1. The van der Waals surface area contributed by atoms with Gasteiger partial charge < -0.3 is 0 Å². The van der Waals surface area contributed by atoms with Crippen LogP contribution in [0, 0.1) is 0 Å². The van der Waals surface area contributed by atoms with E-state index in [2.05, 4.69) is 33.9 Å². The number of rotatable bonds is 5. The Balaban J connectivity index is 0.00000208. The summed E-state index contributed by atoms with van der Waals surface area (Å²) in [7, 11) is -3.37. The number of nitrogens with one attached hydrogen (secondary N) is 1. The average Bonchev–Trinajstić information content (AvgIpc) is 2.55. The highest BCUT2D eigenvalue weighted by molar-refractivity contribution is 7.87. The van der Waals surface area contributed by atoms with Gasteiger partial charge in [-0.15, -0.1) is 12.4 Å². The molecule has 0 bridgehead atoms. The topological polar surface area (TPSA) is 52.7 Å². The van der Waals surface area contributed by atoms with Gasteiger partial charge in [0.25, 0.3) is 10.2 Å². The summed E-state index contributed by atoms with van der Waals surface area (Å²) in [5.41, 5.74) is 2.80. The van der Waals surface area contributed by atoms with Crippen LogP contribution in [0.5, 0.6) is 0 Å². The van der Waals surface area contributed by atoms with E-state index in [4.69, 9.17) is 0 Å². The van der Waals surface area contributed by atoms with Crippen molar-refractivity contribution in [3.8, 4) is 0 Å². The highest BCUT2D eigenvalue weighted by Crippen LogP contribution is 2.36. The van der Waals surface area contributed by atoms with Crippen molar-refractivity contribution in [3.63, 3.8) is 0 Å². The Kier molecular flexibility index (Phi) is 6.67. The second-order valence-electron chi connectivity index (χ2n) is 6.43. The van der Waals surface area contributed by atoms with Crippen LogP contribution >= 0.6 is 12.4 Å². The number of hydrogen-bond acceptors (Lipinski definition) is 3. The number of fused-ring (bicyclic) bond motifs is 3. The number of benzene rings is 1. The summed E-state index contributed by atoms with van der Waals surface area (Å²) in [5.74, 6) is 0. The van der Waals surface area contributed by atoms with E-state index in [-0.39, 0.29) is 18.4 Å². The minimum absolute atomic E-state index is 0. The van der Waals surface area contributed by atoms with Crippen LogP contribution in [0.15, 0.2) is 24.3 Å². The lowest BCUT2D eigenvalue weighted by atomic mass is 9.85. The van der Waals surface area contributed by atoms with Crippen molar-refractivity contribution in [1.82, 2.24) is 13.9 Å². The van der Waals surface area contributed by atoms with Crippen molar-refractivity contribution in [2.45, 2.75) is 45.2 Å². The van der Waals surface area contributed by atoms with Gasteiger partial charge in [-0.25, -0.2) is 0 Å². The molecule has 0 aliphatic carbocycles. The highest BCUT2D eigenvalue weighted by atomic mass is 35.5. The first kappa shape index (κ1) is 19.7. The summed E-state index contributed by atoms with van der Waals surface area (Å²) in [6, 6.07) is 8.96. The molecule has 0 unspecified atom stereocenters. The van der Waals surface area contributed by atoms with E-state index in [0.29, 0.717) is 19.1 Å². The van der Waals surface area contributed by atoms with Crippen LogP contribution in [0.3, 0.4) is 0 Å². The Morgan fingerprint density at radius 2 is 1.92 bits per heavy atom. The van der Waals surface area contributed by atoms with Gasteiger partial charge in [0.05, 0.1) is 0 Å². The van der Waals surface area contributed by atoms with E-state index >= 15 is 0 Å². The van der Waals surface area contributed by atoms with Crippen molar-refractivity contribution in [2.75, 3.05) is 26.2 Å². The Morgan fingerprint density at radius 3 is 2.62 bits per heavy atom. The Morgan fingerprint density at radius 1 is 1.21 bits per heavy atom. The van der Waals surface area contributed by atoms with E-state index in [1.165, 1.54) is 15.4 Å². The third-order valence-electron chi connectivity index (χ3n) is 5.16. The second kappa shape index (κ2) is 8.15. The summed E-state index contributed by atoms with van der Waals surface area (Å²) in [5, 5.41) is 0. The molecule has 7 heteroatoms. The largest absolute Gasteiger partial charge is 0.296 e. The van der Waals surface area contributed by atoms with Crippen LogP contribution in [-0.2, 0) is 16.6 Å². The molecular formula is C17H28ClN3O2S. The maximum atomic E-state index is 12.5. The van der Waals surface area contributed by atoms with Gasteiger partial charge in [0, 0.05) is 38.3 Å². The van der Waals surface area contributed by atoms with Gasteiger partial charge in [-0.1, -0.05) is 38.1 Å². The Bertz CT molecular complexity index is 649. The third-order valence-corrected chi connectivity index (χ3v) is 6.98. The molecular weight excluding hydrogens is 346 g/mol. The average molecular weight is 374 g/mol. The fraction of sp³-hybridized carbons (Fsp3) is 0.647. The van der Waals surface area contributed by atoms with Gasteiger partial charge in [-0.05, 0) is 30.4 Å². The smallest absolute Gasteiger partial charge is 0.279 e. The van der Waals surface area contributed by atoms with Gasteiger partial charge >= 0.3 is 0 Å². The predicted octanol–water partition coefficient (Wildman–Crippen LogP) is 2.35. The molecule has 2 atom stereocenters. The molecule has 136 valence electrons. The van der Waals surface area contributed by atoms with Gasteiger partial charge in [0.15, 0.2) is 0 Å². The van der Waals surface area contributed by atoms with Crippen LogP contribution in [0.2, 0.25) is 0 Å². The molecule has 2 aliphatic heterocycles. The molecule has 24 heavy (non-hydrogen) atoms. The zero-order valence-corrected chi connectivity index (χ0v) is 16.1. The zero-order valence-electron chi connectivity index (χ0n) is 14.4. The molecule has 0 radical (unpaired) electrons. The van der Waals surface area contributed by atoms with Crippen LogP contribution in [0.4, 0.5) is 0 Å². The lowest BCUT2D eigenvalue weighted by molar-refractivity contribution is 0.121. The van der Waals surface area contributed by atoms with Crippen molar-refractivity contribution in [1.29, 1.82) is 0 Å². The molecule has 1 fully saturated rings. The summed E-state index contributed by atoms with van der Waals surface area (Å²) in [6.07, 6.45) is 2.85. The molecule has 1 aromatic carbocycles. The SMILES string of the molecule is CCN(CC)S(=O)(=O)N[C@@H]1CCN2CCc3ccccc3[C@@H]2C1.Cl. The monoisotopic (exact) mass is 373 g/mol. The minimum atomic E-state index is -3.37. The highest BCUT2D eigenvalue weighted by Gasteiger charge is 2.35. The van der Waals surface area contributed by atoms with Gasteiger partial charge in [-0.3, -0.25) is 4.90 Å². The lowest BCUT2D eigenvalue weighted by Gasteiger charge is -2.43. The fourth-order valence-electron chi connectivity index (χ4n) is 3.91. The van der Waals surface area contributed by atoms with Crippen molar-refractivity contribution >= 4 is 22.6 Å². The van der Waals surface area contributed by atoms with E-state index in [1.807, 2.05) is 13.8 Å². The molecule has 0 aromatic heterocycles. The molecule has 1 N–H and O–H groups in total. The van der Waals surface area contributed by atoms with Crippen LogP contribution in [0.1, 0.15) is 43.9 Å². The predicted molar refractivity (Wildman–Crippen MR) is 99.7 cm³/mol. The molecule has 0 saturated carbocycles. The van der Waals surface area contributed by atoms with Gasteiger partial charge in [0.1, 0.15) is 0 Å². The number of piperidine rings is 1. The molecule has 5 nitrogen and oxygen atoms in total. The quantitative estimate of drug-likeness (QED) is 0.861. The van der Waals surface area contributed by atoms with Gasteiger partial charge in [0.2, 0.25) is 0 Å². The van der Waals surface area contributed by atoms with Crippen LogP contribution in [0.25, 0.3) is 0 Å². The molecule has 2 heterocycles. The Labute approximate surface area is 152 Å². The summed E-state index contributed by atoms with van der Waals surface area (Å²) < 4.78 is 29.4. The van der Waals surface area contributed by atoms with Crippen LogP contribution < -0.4 is 4.72 Å². The normalized spacial score (nSPS) is 24.1. The zero-order chi connectivity index (χ0) is 16.4. The summed E-state index contributed by atoms with van der Waals surface area (Å²) in [4.78, 5) is 2.50. The molecule has 0 amide bonds. The molecule has 2 aliphatic rings. The fourth-order valence-corrected chi connectivity index (χ4v) is 5.38. The Hall–Kier alpha value is -0.660. The molecule has 3 rings (SSSR count). The molecule has 0 spiro atoms.